The van der Waals surface area contributed by atoms with Crippen LogP contribution in [0.1, 0.15) is 31.3 Å². The number of carbonyl (C=O) groups is 1. The van der Waals surface area contributed by atoms with Crippen molar-refractivity contribution in [2.45, 2.75) is 25.1 Å². The van der Waals surface area contributed by atoms with Crippen LogP contribution in [0.15, 0.2) is 9.72 Å². The highest BCUT2D eigenvalue weighted by Gasteiger charge is 2.27. The van der Waals surface area contributed by atoms with Gasteiger partial charge in [0.05, 0.1) is 5.75 Å². The zero-order chi connectivity index (χ0) is 12.6. The molecule has 0 bridgehead atoms. The molecule has 0 saturated carbocycles. The van der Waals surface area contributed by atoms with Gasteiger partial charge in [-0.25, -0.2) is 18.2 Å². The van der Waals surface area contributed by atoms with E-state index in [2.05, 4.69) is 4.98 Å². The van der Waals surface area contributed by atoms with Crippen molar-refractivity contribution < 1.29 is 18.3 Å². The first-order valence-corrected chi connectivity index (χ1v) is 7.07. The smallest absolute Gasteiger partial charge is 0.355 e. The second-order valence-electron chi connectivity index (χ2n) is 4.62. The van der Waals surface area contributed by atoms with Crippen LogP contribution in [0.4, 0.5) is 0 Å². The molecule has 0 fully saturated rings. The molecular formula is C9H13NO4S2. The summed E-state index contributed by atoms with van der Waals surface area (Å²) in [5.74, 6) is -1.26. The van der Waals surface area contributed by atoms with Gasteiger partial charge >= 0.3 is 5.97 Å². The second-order valence-corrected chi connectivity index (χ2v) is 7.64. The summed E-state index contributed by atoms with van der Waals surface area (Å²) in [7, 11) is -3.49. The maximum Gasteiger partial charge on any atom is 0.355 e. The van der Waals surface area contributed by atoms with E-state index in [0.29, 0.717) is 0 Å². The van der Waals surface area contributed by atoms with Crippen molar-refractivity contribution in [2.24, 2.45) is 5.41 Å². The molecule has 0 radical (unpaired) electrons. The third-order valence-corrected chi connectivity index (χ3v) is 5.15. The summed E-state index contributed by atoms with van der Waals surface area (Å²) in [5.41, 5.74) is -0.606. The lowest BCUT2D eigenvalue weighted by molar-refractivity contribution is 0.0691. The van der Waals surface area contributed by atoms with Crippen LogP contribution in [0, 0.1) is 5.41 Å². The van der Waals surface area contributed by atoms with Crippen LogP contribution < -0.4 is 0 Å². The highest BCUT2D eigenvalue weighted by molar-refractivity contribution is 7.93. The molecule has 0 aliphatic heterocycles. The molecular weight excluding hydrogens is 250 g/mol. The van der Waals surface area contributed by atoms with E-state index in [1.54, 1.807) is 20.8 Å². The molecule has 1 aromatic heterocycles. The van der Waals surface area contributed by atoms with Gasteiger partial charge in [-0.15, -0.1) is 11.3 Å². The Hall–Kier alpha value is -0.950. The number of sulfone groups is 1. The lowest BCUT2D eigenvalue weighted by Gasteiger charge is -2.16. The first kappa shape index (κ1) is 13.1. The van der Waals surface area contributed by atoms with Gasteiger partial charge in [0.25, 0.3) is 0 Å². The zero-order valence-electron chi connectivity index (χ0n) is 9.22. The van der Waals surface area contributed by atoms with Crippen molar-refractivity contribution in [1.29, 1.82) is 0 Å². The Kier molecular flexibility index (Phi) is 3.39. The van der Waals surface area contributed by atoms with Crippen LogP contribution in [0.2, 0.25) is 0 Å². The molecule has 90 valence electrons. The Morgan fingerprint density at radius 2 is 2.06 bits per heavy atom. The fourth-order valence-electron chi connectivity index (χ4n) is 1.13. The Morgan fingerprint density at radius 3 is 2.44 bits per heavy atom. The van der Waals surface area contributed by atoms with E-state index in [1.807, 2.05) is 0 Å². The molecule has 0 atom stereocenters. The van der Waals surface area contributed by atoms with Gasteiger partial charge < -0.3 is 5.11 Å². The number of hydrogen-bond donors (Lipinski definition) is 1. The van der Waals surface area contributed by atoms with E-state index in [9.17, 15) is 13.2 Å². The highest BCUT2D eigenvalue weighted by atomic mass is 32.2. The lowest BCUT2D eigenvalue weighted by Crippen LogP contribution is -2.20. The highest BCUT2D eigenvalue weighted by Crippen LogP contribution is 2.24. The molecule has 16 heavy (non-hydrogen) atoms. The van der Waals surface area contributed by atoms with Crippen molar-refractivity contribution in [3.8, 4) is 0 Å². The molecule has 7 heteroatoms. The van der Waals surface area contributed by atoms with E-state index in [-0.39, 0.29) is 21.2 Å². The fourth-order valence-corrected chi connectivity index (χ4v) is 4.06. The number of carboxylic acids is 1. The summed E-state index contributed by atoms with van der Waals surface area (Å²) in [6.07, 6.45) is 0. The molecule has 1 rings (SSSR count). The number of nitrogens with zero attached hydrogens (tertiary/aromatic N) is 1. The minimum absolute atomic E-state index is 0.0490. The van der Waals surface area contributed by atoms with Gasteiger partial charge in [-0.1, -0.05) is 20.8 Å². The minimum atomic E-state index is -3.49. The monoisotopic (exact) mass is 263 g/mol. The molecule has 0 aliphatic carbocycles. The number of aromatic carboxylic acids is 1. The summed E-state index contributed by atoms with van der Waals surface area (Å²) < 4.78 is 23.6. The van der Waals surface area contributed by atoms with E-state index >= 15 is 0 Å². The van der Waals surface area contributed by atoms with Crippen molar-refractivity contribution in [3.05, 3.63) is 11.1 Å². The first-order chi connectivity index (χ1) is 7.12. The number of hydrogen-bond acceptors (Lipinski definition) is 5. The Bertz CT molecular complexity index is 496. The third kappa shape index (κ3) is 3.28. The Balaban J connectivity index is 3.04. The standard InChI is InChI=1S/C9H13NO4S2/c1-9(2,3)5-16(13,14)8-10-6(4-15-8)7(11)12/h4H,5H2,1-3H3,(H,11,12). The summed E-state index contributed by atoms with van der Waals surface area (Å²) in [6, 6.07) is 0. The Labute approximate surface area is 98.1 Å². The second kappa shape index (κ2) is 4.14. The summed E-state index contributed by atoms with van der Waals surface area (Å²) in [6.45, 7) is 5.41. The average Bonchev–Trinajstić information content (AvgIpc) is 2.46. The van der Waals surface area contributed by atoms with E-state index in [1.165, 1.54) is 5.38 Å². The SMILES string of the molecule is CC(C)(C)CS(=O)(=O)c1nc(C(=O)O)cs1. The van der Waals surface area contributed by atoms with E-state index in [4.69, 9.17) is 5.11 Å². The van der Waals surface area contributed by atoms with Crippen LogP contribution >= 0.6 is 11.3 Å². The van der Waals surface area contributed by atoms with Gasteiger partial charge in [0.2, 0.25) is 14.2 Å². The zero-order valence-corrected chi connectivity index (χ0v) is 10.9. The van der Waals surface area contributed by atoms with Crippen molar-refractivity contribution in [2.75, 3.05) is 5.75 Å². The molecule has 0 saturated heterocycles. The maximum atomic E-state index is 11.8. The molecule has 0 spiro atoms. The number of aromatic nitrogens is 1. The maximum absolute atomic E-state index is 11.8. The molecule has 0 aliphatic rings. The molecule has 0 aromatic carbocycles. The predicted octanol–water partition coefficient (Wildman–Crippen LogP) is 1.66. The number of carboxylic acid groups (broad SMARTS) is 1. The molecule has 0 unspecified atom stereocenters. The van der Waals surface area contributed by atoms with E-state index in [0.717, 1.165) is 11.3 Å². The molecule has 5 nitrogen and oxygen atoms in total. The fraction of sp³-hybridized carbons (Fsp3) is 0.556. The number of thiazole rings is 1. The Morgan fingerprint density at radius 1 is 1.50 bits per heavy atom. The van der Waals surface area contributed by atoms with Crippen molar-refractivity contribution in [3.63, 3.8) is 0 Å². The molecule has 1 N–H and O–H groups in total. The van der Waals surface area contributed by atoms with Crippen molar-refractivity contribution in [1.82, 2.24) is 4.98 Å². The van der Waals surface area contributed by atoms with E-state index < -0.39 is 15.8 Å². The average molecular weight is 263 g/mol. The predicted molar refractivity (Wildman–Crippen MR) is 60.6 cm³/mol. The van der Waals surface area contributed by atoms with Crippen LogP contribution in [-0.2, 0) is 9.84 Å². The third-order valence-electron chi connectivity index (χ3n) is 1.59. The summed E-state index contributed by atoms with van der Waals surface area (Å²) in [4.78, 5) is 14.2. The van der Waals surface area contributed by atoms with Gasteiger partial charge in [-0.05, 0) is 5.41 Å². The molecule has 1 aromatic rings. The first-order valence-electron chi connectivity index (χ1n) is 4.53. The molecule has 1 heterocycles. The normalized spacial score (nSPS) is 12.7. The van der Waals surface area contributed by atoms with Gasteiger partial charge in [0.1, 0.15) is 0 Å². The lowest BCUT2D eigenvalue weighted by atomic mass is 10.0. The van der Waals surface area contributed by atoms with Crippen LogP contribution in [0.5, 0.6) is 0 Å². The topological polar surface area (TPSA) is 84.3 Å². The number of rotatable bonds is 3. The molecule has 0 amide bonds. The van der Waals surface area contributed by atoms with Gasteiger partial charge in [-0.3, -0.25) is 0 Å². The summed E-state index contributed by atoms with van der Waals surface area (Å²) in [5, 5.41) is 9.88. The van der Waals surface area contributed by atoms with Gasteiger partial charge in [-0.2, -0.15) is 0 Å². The van der Waals surface area contributed by atoms with Crippen LogP contribution in [0.3, 0.4) is 0 Å². The quantitative estimate of drug-likeness (QED) is 0.896. The summed E-state index contributed by atoms with van der Waals surface area (Å²) >= 11 is 0.846. The van der Waals surface area contributed by atoms with Crippen LogP contribution in [0.25, 0.3) is 0 Å². The largest absolute Gasteiger partial charge is 0.476 e. The van der Waals surface area contributed by atoms with Gasteiger partial charge in [0, 0.05) is 5.38 Å². The van der Waals surface area contributed by atoms with Crippen molar-refractivity contribution >= 4 is 27.1 Å². The minimum Gasteiger partial charge on any atom is -0.476 e. The van der Waals surface area contributed by atoms with Crippen LogP contribution in [-0.4, -0.2) is 30.2 Å². The van der Waals surface area contributed by atoms with Gasteiger partial charge in [0.15, 0.2) is 5.69 Å².